The summed E-state index contributed by atoms with van der Waals surface area (Å²) in [5, 5.41) is 9.27. The first-order valence-electron chi connectivity index (χ1n) is 5.76. The Hall–Kier alpha value is -0.670. The molecule has 16 heavy (non-hydrogen) atoms. The van der Waals surface area contributed by atoms with Crippen molar-refractivity contribution in [2.24, 2.45) is 0 Å². The topological polar surface area (TPSA) is 29.5 Å². The minimum Gasteiger partial charge on any atom is -0.493 e. The summed E-state index contributed by atoms with van der Waals surface area (Å²) in [6.07, 6.45) is 2.12. The van der Waals surface area contributed by atoms with Crippen LogP contribution < -0.4 is 4.74 Å². The van der Waals surface area contributed by atoms with Crippen LogP contribution >= 0.6 is 11.8 Å². The van der Waals surface area contributed by atoms with Crippen molar-refractivity contribution < 1.29 is 9.84 Å². The average Bonchev–Trinajstić information content (AvgIpc) is 2.76. The molecule has 3 heteroatoms. The van der Waals surface area contributed by atoms with E-state index in [1.165, 1.54) is 11.1 Å². The van der Waals surface area contributed by atoms with Gasteiger partial charge >= 0.3 is 0 Å². The van der Waals surface area contributed by atoms with E-state index in [4.69, 9.17) is 9.84 Å². The molecule has 1 aliphatic heterocycles. The van der Waals surface area contributed by atoms with E-state index in [-0.39, 0.29) is 6.61 Å². The van der Waals surface area contributed by atoms with Crippen molar-refractivity contribution in [2.45, 2.75) is 25.0 Å². The van der Waals surface area contributed by atoms with Crippen LogP contribution in [-0.4, -0.2) is 29.3 Å². The van der Waals surface area contributed by atoms with Gasteiger partial charge in [-0.05, 0) is 29.4 Å². The van der Waals surface area contributed by atoms with E-state index in [1.54, 1.807) is 0 Å². The zero-order chi connectivity index (χ0) is 11.4. The Morgan fingerprint density at radius 2 is 2.38 bits per heavy atom. The molecule has 2 nitrogen and oxygen atoms in total. The van der Waals surface area contributed by atoms with Crippen molar-refractivity contribution in [1.29, 1.82) is 0 Å². The second-order valence-corrected chi connectivity index (χ2v) is 5.70. The van der Waals surface area contributed by atoms with Gasteiger partial charge in [-0.15, -0.1) is 0 Å². The number of rotatable bonds is 5. The third kappa shape index (κ3) is 2.92. The van der Waals surface area contributed by atoms with Gasteiger partial charge in [0.15, 0.2) is 0 Å². The minimum atomic E-state index is 0.267. The van der Waals surface area contributed by atoms with Gasteiger partial charge in [0.1, 0.15) is 5.75 Å². The maximum atomic E-state index is 8.92. The molecule has 0 radical (unpaired) electrons. The lowest BCUT2D eigenvalue weighted by Crippen LogP contribution is -2.04. The Labute approximate surface area is 101 Å². The van der Waals surface area contributed by atoms with E-state index in [2.05, 4.69) is 25.1 Å². The fraction of sp³-hybridized carbons (Fsp3) is 0.538. The van der Waals surface area contributed by atoms with Crippen LogP contribution in [0.25, 0.3) is 0 Å². The lowest BCUT2D eigenvalue weighted by atomic mass is 10.1. The Bertz CT molecular complexity index is 352. The standard InChI is InChI=1S/C13H18O2S/c1-10(9-14)16-7-5-11-2-3-13-12(8-11)4-6-15-13/h2-3,8,10,14H,4-7,9H2,1H3. The van der Waals surface area contributed by atoms with E-state index < -0.39 is 0 Å². The first-order chi connectivity index (χ1) is 7.79. The Morgan fingerprint density at radius 3 is 3.19 bits per heavy atom. The molecule has 1 atom stereocenters. The largest absolute Gasteiger partial charge is 0.493 e. The van der Waals surface area contributed by atoms with E-state index in [0.29, 0.717) is 5.25 Å². The summed E-state index contributed by atoms with van der Waals surface area (Å²) >= 11 is 1.82. The summed E-state index contributed by atoms with van der Waals surface area (Å²) in [6, 6.07) is 6.48. The Kier molecular flexibility index (Phi) is 4.13. The summed E-state index contributed by atoms with van der Waals surface area (Å²) in [6.45, 7) is 3.15. The number of hydrogen-bond donors (Lipinski definition) is 1. The summed E-state index contributed by atoms with van der Waals surface area (Å²) in [7, 11) is 0. The first-order valence-corrected chi connectivity index (χ1v) is 6.81. The number of aliphatic hydroxyl groups is 1. The third-order valence-corrected chi connectivity index (χ3v) is 3.96. The quantitative estimate of drug-likeness (QED) is 0.853. The number of benzene rings is 1. The van der Waals surface area contributed by atoms with E-state index >= 15 is 0 Å². The second kappa shape index (κ2) is 5.60. The maximum Gasteiger partial charge on any atom is 0.122 e. The van der Waals surface area contributed by atoms with Crippen LogP contribution in [0.2, 0.25) is 0 Å². The number of aliphatic hydroxyl groups excluding tert-OH is 1. The molecule has 0 aliphatic carbocycles. The van der Waals surface area contributed by atoms with Crippen molar-refractivity contribution in [3.63, 3.8) is 0 Å². The summed E-state index contributed by atoms with van der Waals surface area (Å²) < 4.78 is 5.48. The van der Waals surface area contributed by atoms with Crippen molar-refractivity contribution in [3.05, 3.63) is 29.3 Å². The van der Waals surface area contributed by atoms with Gasteiger partial charge in [0.05, 0.1) is 13.2 Å². The molecule has 1 unspecified atom stereocenters. The number of hydrogen-bond acceptors (Lipinski definition) is 3. The zero-order valence-electron chi connectivity index (χ0n) is 9.61. The molecule has 88 valence electrons. The molecule has 0 amide bonds. The Morgan fingerprint density at radius 1 is 1.50 bits per heavy atom. The molecular weight excluding hydrogens is 220 g/mol. The van der Waals surface area contributed by atoms with Crippen LogP contribution in [-0.2, 0) is 12.8 Å². The number of ether oxygens (including phenoxy) is 1. The van der Waals surface area contributed by atoms with Crippen LogP contribution in [0.3, 0.4) is 0 Å². The van der Waals surface area contributed by atoms with E-state index in [1.807, 2.05) is 11.8 Å². The molecular formula is C13H18O2S. The smallest absolute Gasteiger partial charge is 0.122 e. The van der Waals surface area contributed by atoms with Gasteiger partial charge in [-0.1, -0.05) is 19.1 Å². The molecule has 0 bridgehead atoms. The SMILES string of the molecule is CC(CO)SCCc1ccc2c(c1)CCO2. The molecule has 2 rings (SSSR count). The zero-order valence-corrected chi connectivity index (χ0v) is 10.4. The molecule has 0 spiro atoms. The van der Waals surface area contributed by atoms with Gasteiger partial charge in [0.25, 0.3) is 0 Å². The predicted octanol–water partition coefficient (Wildman–Crippen LogP) is 2.28. The molecule has 0 fully saturated rings. The van der Waals surface area contributed by atoms with Crippen LogP contribution in [0.5, 0.6) is 5.75 Å². The molecule has 1 heterocycles. The first kappa shape index (κ1) is 11.8. The minimum absolute atomic E-state index is 0.267. The predicted molar refractivity (Wildman–Crippen MR) is 68.4 cm³/mol. The second-order valence-electron chi connectivity index (χ2n) is 4.15. The van der Waals surface area contributed by atoms with Crippen LogP contribution in [0.4, 0.5) is 0 Å². The highest BCUT2D eigenvalue weighted by Crippen LogP contribution is 2.26. The molecule has 0 saturated heterocycles. The molecule has 1 aliphatic rings. The molecule has 0 saturated carbocycles. The van der Waals surface area contributed by atoms with Gasteiger partial charge in [0, 0.05) is 11.7 Å². The summed E-state index contributed by atoms with van der Waals surface area (Å²) in [5.74, 6) is 2.13. The number of aryl methyl sites for hydroxylation is 1. The Balaban J connectivity index is 1.86. The summed E-state index contributed by atoms with van der Waals surface area (Å²) in [5.41, 5.74) is 2.72. The van der Waals surface area contributed by atoms with Gasteiger partial charge in [0.2, 0.25) is 0 Å². The highest BCUT2D eigenvalue weighted by atomic mass is 32.2. The number of fused-ring (bicyclic) bond motifs is 1. The van der Waals surface area contributed by atoms with Crippen LogP contribution in [0.15, 0.2) is 18.2 Å². The van der Waals surface area contributed by atoms with Crippen molar-refractivity contribution in [3.8, 4) is 5.75 Å². The maximum absolute atomic E-state index is 8.92. The summed E-state index contributed by atoms with van der Waals surface area (Å²) in [4.78, 5) is 0. The molecule has 1 aromatic rings. The van der Waals surface area contributed by atoms with Crippen molar-refractivity contribution >= 4 is 11.8 Å². The van der Waals surface area contributed by atoms with Gasteiger partial charge in [-0.2, -0.15) is 11.8 Å². The lowest BCUT2D eigenvalue weighted by molar-refractivity contribution is 0.300. The lowest BCUT2D eigenvalue weighted by Gasteiger charge is -2.08. The van der Waals surface area contributed by atoms with Gasteiger partial charge in [-0.3, -0.25) is 0 Å². The molecule has 1 aromatic carbocycles. The molecule has 0 aromatic heterocycles. The van der Waals surface area contributed by atoms with Crippen LogP contribution in [0.1, 0.15) is 18.1 Å². The highest BCUT2D eigenvalue weighted by molar-refractivity contribution is 7.99. The van der Waals surface area contributed by atoms with Crippen molar-refractivity contribution in [2.75, 3.05) is 19.0 Å². The normalized spacial score (nSPS) is 15.6. The fourth-order valence-electron chi connectivity index (χ4n) is 1.83. The van der Waals surface area contributed by atoms with Gasteiger partial charge < -0.3 is 9.84 Å². The highest BCUT2D eigenvalue weighted by Gasteiger charge is 2.11. The van der Waals surface area contributed by atoms with Crippen LogP contribution in [0, 0.1) is 0 Å². The average molecular weight is 238 g/mol. The third-order valence-electron chi connectivity index (χ3n) is 2.80. The molecule has 1 N–H and O–H groups in total. The number of thioether (sulfide) groups is 1. The fourth-order valence-corrected chi connectivity index (χ4v) is 2.69. The van der Waals surface area contributed by atoms with E-state index in [0.717, 1.165) is 31.0 Å². The van der Waals surface area contributed by atoms with E-state index in [9.17, 15) is 0 Å². The monoisotopic (exact) mass is 238 g/mol. The van der Waals surface area contributed by atoms with Gasteiger partial charge in [-0.25, -0.2) is 0 Å². The van der Waals surface area contributed by atoms with Crippen molar-refractivity contribution in [1.82, 2.24) is 0 Å².